The van der Waals surface area contributed by atoms with Gasteiger partial charge in [0, 0.05) is 7.05 Å². The first-order valence-electron chi connectivity index (χ1n) is 8.05. The number of aliphatic hydroxyl groups is 1. The number of carbonyl (C=O) groups excluding carboxylic acids is 1. The van der Waals surface area contributed by atoms with Crippen LogP contribution in [0.3, 0.4) is 0 Å². The van der Waals surface area contributed by atoms with Crippen molar-refractivity contribution in [2.75, 3.05) is 13.7 Å². The standard InChI is InChI=1S/C18H26N2O2S/c1-12(2)10-15(11-21)20(4)18(22)17-16(19-13(3)23-17)14-8-6-5-7-9-14/h5-9,12-13,15,19,21H,10-11H2,1-4H3/t13?,15-/m0/s1. The minimum atomic E-state index is -0.150. The zero-order valence-corrected chi connectivity index (χ0v) is 15.1. The molecular weight excluding hydrogens is 308 g/mol. The fourth-order valence-corrected chi connectivity index (χ4v) is 3.81. The van der Waals surface area contributed by atoms with Crippen molar-refractivity contribution < 1.29 is 9.90 Å². The average molecular weight is 334 g/mol. The first-order chi connectivity index (χ1) is 10.9. The fourth-order valence-electron chi connectivity index (χ4n) is 2.74. The minimum Gasteiger partial charge on any atom is -0.394 e. The molecule has 0 saturated heterocycles. The molecule has 0 fully saturated rings. The number of amides is 1. The highest BCUT2D eigenvalue weighted by molar-refractivity contribution is 8.05. The number of thioether (sulfide) groups is 1. The van der Waals surface area contributed by atoms with Crippen LogP contribution in [-0.4, -0.2) is 41.0 Å². The quantitative estimate of drug-likeness (QED) is 0.840. The Kier molecular flexibility index (Phi) is 6.13. The van der Waals surface area contributed by atoms with Crippen LogP contribution in [0.4, 0.5) is 0 Å². The first-order valence-corrected chi connectivity index (χ1v) is 8.93. The van der Waals surface area contributed by atoms with Crippen LogP contribution in [0.2, 0.25) is 0 Å². The van der Waals surface area contributed by atoms with Crippen molar-refractivity contribution in [3.05, 3.63) is 40.8 Å². The number of hydrogen-bond donors (Lipinski definition) is 2. The van der Waals surface area contributed by atoms with E-state index < -0.39 is 0 Å². The van der Waals surface area contributed by atoms with Crippen molar-refractivity contribution in [1.29, 1.82) is 0 Å². The molecule has 0 spiro atoms. The van der Waals surface area contributed by atoms with E-state index in [1.54, 1.807) is 23.7 Å². The summed E-state index contributed by atoms with van der Waals surface area (Å²) in [5.74, 6) is 0.406. The lowest BCUT2D eigenvalue weighted by atomic mass is 10.0. The van der Waals surface area contributed by atoms with Gasteiger partial charge in [-0.1, -0.05) is 55.9 Å². The maximum absolute atomic E-state index is 13.0. The normalized spacial score (nSPS) is 19.0. The van der Waals surface area contributed by atoms with Gasteiger partial charge in [-0.05, 0) is 24.8 Å². The molecule has 1 aliphatic rings. The van der Waals surface area contributed by atoms with Crippen LogP contribution in [-0.2, 0) is 4.79 Å². The lowest BCUT2D eigenvalue weighted by molar-refractivity contribution is -0.128. The summed E-state index contributed by atoms with van der Waals surface area (Å²) in [6.45, 7) is 6.24. The summed E-state index contributed by atoms with van der Waals surface area (Å²) in [6.07, 6.45) is 0.792. The highest BCUT2D eigenvalue weighted by atomic mass is 32.2. The van der Waals surface area contributed by atoms with Crippen molar-refractivity contribution >= 4 is 23.4 Å². The zero-order valence-electron chi connectivity index (χ0n) is 14.2. The second kappa shape index (κ2) is 7.88. The number of aliphatic hydroxyl groups excluding tert-OH is 1. The topological polar surface area (TPSA) is 52.6 Å². The molecule has 1 aromatic carbocycles. The van der Waals surface area contributed by atoms with Gasteiger partial charge in [0.1, 0.15) is 0 Å². The number of hydrogen-bond acceptors (Lipinski definition) is 4. The summed E-state index contributed by atoms with van der Waals surface area (Å²) in [7, 11) is 1.78. The van der Waals surface area contributed by atoms with Gasteiger partial charge in [0.15, 0.2) is 0 Å². The molecule has 126 valence electrons. The predicted octanol–water partition coefficient (Wildman–Crippen LogP) is 2.90. The molecule has 0 aliphatic carbocycles. The fraction of sp³-hybridized carbons (Fsp3) is 0.500. The van der Waals surface area contributed by atoms with Crippen LogP contribution in [0.1, 0.15) is 32.8 Å². The van der Waals surface area contributed by atoms with Gasteiger partial charge in [0.25, 0.3) is 5.91 Å². The third-order valence-electron chi connectivity index (χ3n) is 3.95. The summed E-state index contributed by atoms with van der Waals surface area (Å²) in [5.41, 5.74) is 1.91. The molecule has 1 unspecified atom stereocenters. The van der Waals surface area contributed by atoms with E-state index in [4.69, 9.17) is 0 Å². The highest BCUT2D eigenvalue weighted by Crippen LogP contribution is 2.36. The van der Waals surface area contributed by atoms with E-state index in [0.717, 1.165) is 22.6 Å². The van der Waals surface area contributed by atoms with Gasteiger partial charge in [-0.2, -0.15) is 0 Å². The average Bonchev–Trinajstić information content (AvgIpc) is 2.93. The molecule has 23 heavy (non-hydrogen) atoms. The van der Waals surface area contributed by atoms with Crippen molar-refractivity contribution in [3.8, 4) is 0 Å². The Morgan fingerprint density at radius 2 is 2.00 bits per heavy atom. The van der Waals surface area contributed by atoms with Crippen LogP contribution in [0, 0.1) is 5.92 Å². The van der Waals surface area contributed by atoms with E-state index in [-0.39, 0.29) is 23.9 Å². The smallest absolute Gasteiger partial charge is 0.262 e. The molecular formula is C18H26N2O2S. The van der Waals surface area contributed by atoms with Gasteiger partial charge in [-0.15, -0.1) is 0 Å². The number of rotatable bonds is 6. The first kappa shape index (κ1) is 17.9. The Morgan fingerprint density at radius 1 is 1.35 bits per heavy atom. The van der Waals surface area contributed by atoms with E-state index in [1.165, 1.54) is 0 Å². The number of nitrogens with zero attached hydrogens (tertiary/aromatic N) is 1. The van der Waals surface area contributed by atoms with Crippen molar-refractivity contribution in [1.82, 2.24) is 10.2 Å². The van der Waals surface area contributed by atoms with Crippen molar-refractivity contribution in [2.45, 2.75) is 38.6 Å². The molecule has 1 amide bonds. The summed E-state index contributed by atoms with van der Waals surface area (Å²) in [5, 5.41) is 13.2. The molecule has 0 aromatic heterocycles. The van der Waals surface area contributed by atoms with E-state index in [2.05, 4.69) is 19.2 Å². The molecule has 1 aliphatic heterocycles. The maximum atomic E-state index is 13.0. The third-order valence-corrected chi connectivity index (χ3v) is 5.03. The second-order valence-corrected chi connectivity index (χ2v) is 7.71. The van der Waals surface area contributed by atoms with Crippen LogP contribution in [0.5, 0.6) is 0 Å². The minimum absolute atomic E-state index is 0.0119. The van der Waals surface area contributed by atoms with Gasteiger partial charge >= 0.3 is 0 Å². The Balaban J connectivity index is 2.27. The molecule has 2 N–H and O–H groups in total. The third kappa shape index (κ3) is 4.30. The summed E-state index contributed by atoms with van der Waals surface area (Å²) in [4.78, 5) is 15.4. The largest absolute Gasteiger partial charge is 0.394 e. The molecule has 2 rings (SSSR count). The SMILES string of the molecule is CC(C)C[C@@H](CO)N(C)C(=O)C1=C(c2ccccc2)NC(C)S1. The van der Waals surface area contributed by atoms with Crippen molar-refractivity contribution in [3.63, 3.8) is 0 Å². The van der Waals surface area contributed by atoms with E-state index in [0.29, 0.717) is 5.92 Å². The monoisotopic (exact) mass is 334 g/mol. The Labute approximate surface area is 143 Å². The second-order valence-electron chi connectivity index (χ2n) is 6.36. The van der Waals surface area contributed by atoms with Crippen LogP contribution in [0.25, 0.3) is 5.70 Å². The van der Waals surface area contributed by atoms with Gasteiger partial charge in [-0.3, -0.25) is 4.79 Å². The molecule has 0 bridgehead atoms. The number of benzene rings is 1. The van der Waals surface area contributed by atoms with Gasteiger partial charge in [-0.25, -0.2) is 0 Å². The van der Waals surface area contributed by atoms with Crippen LogP contribution in [0.15, 0.2) is 35.2 Å². The number of carbonyl (C=O) groups is 1. The molecule has 0 radical (unpaired) electrons. The van der Waals surface area contributed by atoms with Gasteiger partial charge < -0.3 is 15.3 Å². The van der Waals surface area contributed by atoms with E-state index >= 15 is 0 Å². The molecule has 0 saturated carbocycles. The van der Waals surface area contributed by atoms with E-state index in [9.17, 15) is 9.90 Å². The van der Waals surface area contributed by atoms with Crippen molar-refractivity contribution in [2.24, 2.45) is 5.92 Å². The number of likely N-dealkylation sites (N-methyl/N-ethyl adjacent to an activating group) is 1. The molecule has 2 atom stereocenters. The predicted molar refractivity (Wildman–Crippen MR) is 96.6 cm³/mol. The summed E-state index contributed by atoms with van der Waals surface area (Å²) >= 11 is 1.55. The highest BCUT2D eigenvalue weighted by Gasteiger charge is 2.31. The summed E-state index contributed by atoms with van der Waals surface area (Å²) in [6, 6.07) is 9.77. The molecule has 4 nitrogen and oxygen atoms in total. The zero-order chi connectivity index (χ0) is 17.0. The lowest BCUT2D eigenvalue weighted by Gasteiger charge is -2.28. The maximum Gasteiger partial charge on any atom is 0.262 e. The molecule has 1 aromatic rings. The number of nitrogens with one attached hydrogen (secondary N) is 1. The van der Waals surface area contributed by atoms with Crippen LogP contribution < -0.4 is 5.32 Å². The Bertz CT molecular complexity index is 572. The van der Waals surface area contributed by atoms with Gasteiger partial charge in [0.2, 0.25) is 0 Å². The van der Waals surface area contributed by atoms with Gasteiger partial charge in [0.05, 0.1) is 28.6 Å². The lowest BCUT2D eigenvalue weighted by Crippen LogP contribution is -2.40. The van der Waals surface area contributed by atoms with Crippen LogP contribution >= 0.6 is 11.8 Å². The molecule has 1 heterocycles. The summed E-state index contributed by atoms with van der Waals surface area (Å²) < 4.78 is 0. The Hall–Kier alpha value is -1.46. The Morgan fingerprint density at radius 3 is 2.57 bits per heavy atom. The molecule has 5 heteroatoms. The van der Waals surface area contributed by atoms with E-state index in [1.807, 2.05) is 37.3 Å².